The summed E-state index contributed by atoms with van der Waals surface area (Å²) in [5, 5.41) is 14.9. The van der Waals surface area contributed by atoms with Gasteiger partial charge in [0, 0.05) is 11.3 Å². The molecule has 0 atom stereocenters. The van der Waals surface area contributed by atoms with Crippen molar-refractivity contribution < 1.29 is 9.18 Å². The van der Waals surface area contributed by atoms with Crippen molar-refractivity contribution in [3.63, 3.8) is 0 Å². The molecule has 6 nitrogen and oxygen atoms in total. The van der Waals surface area contributed by atoms with Crippen LogP contribution in [0.2, 0.25) is 5.02 Å². The normalized spacial score (nSPS) is 10.8. The van der Waals surface area contributed by atoms with Gasteiger partial charge >= 0.3 is 0 Å². The van der Waals surface area contributed by atoms with E-state index in [-0.39, 0.29) is 10.6 Å². The first-order chi connectivity index (χ1) is 12.6. The molecule has 0 aliphatic carbocycles. The molecular weight excluding hydrogens is 357 g/mol. The molecule has 0 fully saturated rings. The highest BCUT2D eigenvalue weighted by molar-refractivity contribution is 6.34. The maximum absolute atomic E-state index is 13.1. The Labute approximate surface area is 152 Å². The Balaban J connectivity index is 1.62. The van der Waals surface area contributed by atoms with Crippen molar-refractivity contribution in [3.05, 3.63) is 77.3 Å². The number of carbonyl (C=O) groups is 1. The first-order valence-corrected chi connectivity index (χ1v) is 8.02. The lowest BCUT2D eigenvalue weighted by atomic mass is 10.1. The van der Waals surface area contributed by atoms with Crippen molar-refractivity contribution in [1.29, 1.82) is 0 Å². The molecule has 26 heavy (non-hydrogen) atoms. The fourth-order valence-corrected chi connectivity index (χ4v) is 2.76. The number of amides is 1. The van der Waals surface area contributed by atoms with Crippen molar-refractivity contribution in [1.82, 2.24) is 19.8 Å². The zero-order valence-corrected chi connectivity index (χ0v) is 14.0. The number of benzene rings is 2. The molecule has 1 N–H and O–H groups in total. The molecule has 0 unspecified atom stereocenters. The molecule has 0 radical (unpaired) electrons. The number of fused-ring (bicyclic) bond motifs is 1. The number of nitrogens with zero attached hydrogens (tertiary/aromatic N) is 4. The minimum Gasteiger partial charge on any atom is -0.322 e. The van der Waals surface area contributed by atoms with E-state index in [0.717, 1.165) is 11.6 Å². The highest BCUT2D eigenvalue weighted by atomic mass is 35.5. The highest BCUT2D eigenvalue weighted by Crippen LogP contribution is 2.23. The average molecular weight is 368 g/mol. The van der Waals surface area contributed by atoms with E-state index in [1.807, 2.05) is 12.1 Å². The van der Waals surface area contributed by atoms with E-state index in [4.69, 9.17) is 11.6 Å². The molecule has 1 amide bonds. The van der Waals surface area contributed by atoms with Crippen molar-refractivity contribution in [2.45, 2.75) is 0 Å². The van der Waals surface area contributed by atoms with Gasteiger partial charge in [-0.15, -0.1) is 10.2 Å². The van der Waals surface area contributed by atoms with Gasteiger partial charge in [0.05, 0.1) is 16.3 Å². The van der Waals surface area contributed by atoms with E-state index in [1.54, 1.807) is 28.8 Å². The second-order valence-corrected chi connectivity index (χ2v) is 5.92. The molecule has 0 aliphatic heterocycles. The lowest BCUT2D eigenvalue weighted by molar-refractivity contribution is 0.102. The number of rotatable bonds is 3. The fourth-order valence-electron chi connectivity index (χ4n) is 2.51. The van der Waals surface area contributed by atoms with Gasteiger partial charge in [-0.05, 0) is 42.5 Å². The zero-order valence-electron chi connectivity index (χ0n) is 13.2. The smallest absolute Gasteiger partial charge is 0.257 e. The third-order valence-electron chi connectivity index (χ3n) is 3.75. The quantitative estimate of drug-likeness (QED) is 0.597. The fraction of sp³-hybridized carbons (Fsp3) is 0. The number of carbonyl (C=O) groups excluding carboxylic acids is 1. The Morgan fingerprint density at radius 3 is 2.85 bits per heavy atom. The summed E-state index contributed by atoms with van der Waals surface area (Å²) in [5.41, 5.74) is 2.92. The van der Waals surface area contributed by atoms with Crippen LogP contribution in [-0.2, 0) is 0 Å². The van der Waals surface area contributed by atoms with Crippen LogP contribution >= 0.6 is 11.6 Å². The standard InChI is InChI=1S/C18H11ClFN5O/c19-15-9-12(20)4-5-14(15)18(26)22-13-3-1-2-11(8-13)16-6-7-17-23-21-10-25(17)24-16/h1-10H,(H,22,26). The van der Waals surface area contributed by atoms with Crippen LogP contribution < -0.4 is 5.32 Å². The molecule has 128 valence electrons. The van der Waals surface area contributed by atoms with Crippen LogP contribution in [0.25, 0.3) is 16.9 Å². The molecule has 2 aromatic carbocycles. The lowest BCUT2D eigenvalue weighted by Crippen LogP contribution is -2.12. The van der Waals surface area contributed by atoms with Crippen molar-refractivity contribution in [2.24, 2.45) is 0 Å². The molecule has 0 saturated carbocycles. The zero-order chi connectivity index (χ0) is 18.1. The minimum absolute atomic E-state index is 0.0541. The lowest BCUT2D eigenvalue weighted by Gasteiger charge is -2.09. The second kappa shape index (κ2) is 6.53. The molecule has 0 bridgehead atoms. The maximum Gasteiger partial charge on any atom is 0.257 e. The monoisotopic (exact) mass is 367 g/mol. The molecule has 0 spiro atoms. The molecular formula is C18H11ClFN5O. The molecule has 4 aromatic rings. The van der Waals surface area contributed by atoms with Gasteiger partial charge in [0.1, 0.15) is 12.1 Å². The minimum atomic E-state index is -0.496. The largest absolute Gasteiger partial charge is 0.322 e. The van der Waals surface area contributed by atoms with Gasteiger partial charge in [0.15, 0.2) is 5.65 Å². The van der Waals surface area contributed by atoms with Crippen LogP contribution in [0.3, 0.4) is 0 Å². The van der Waals surface area contributed by atoms with E-state index in [0.29, 0.717) is 17.0 Å². The van der Waals surface area contributed by atoms with Gasteiger partial charge in [-0.2, -0.15) is 9.61 Å². The van der Waals surface area contributed by atoms with Crippen molar-refractivity contribution in [2.75, 3.05) is 5.32 Å². The summed E-state index contributed by atoms with van der Waals surface area (Å²) in [6.07, 6.45) is 1.51. The van der Waals surface area contributed by atoms with Crippen LogP contribution in [0.15, 0.2) is 60.9 Å². The average Bonchev–Trinajstić information content (AvgIpc) is 3.09. The number of nitrogens with one attached hydrogen (secondary N) is 1. The summed E-state index contributed by atoms with van der Waals surface area (Å²) >= 11 is 5.94. The third-order valence-corrected chi connectivity index (χ3v) is 4.07. The predicted octanol–water partition coefficient (Wildman–Crippen LogP) is 3.84. The molecule has 0 aliphatic rings. The first-order valence-electron chi connectivity index (χ1n) is 7.64. The molecule has 8 heteroatoms. The topological polar surface area (TPSA) is 72.2 Å². The third kappa shape index (κ3) is 3.12. The van der Waals surface area contributed by atoms with Crippen molar-refractivity contribution in [3.8, 4) is 11.3 Å². The Hall–Kier alpha value is -3.32. The van der Waals surface area contributed by atoms with E-state index < -0.39 is 11.7 Å². The Morgan fingerprint density at radius 1 is 1.12 bits per heavy atom. The number of anilines is 1. The molecule has 2 heterocycles. The Morgan fingerprint density at radius 2 is 2.00 bits per heavy atom. The summed E-state index contributed by atoms with van der Waals surface area (Å²) in [5.74, 6) is -0.918. The van der Waals surface area contributed by atoms with Crippen LogP contribution in [0, 0.1) is 5.82 Å². The SMILES string of the molecule is O=C(Nc1cccc(-c2ccc3nncn3n2)c1)c1ccc(F)cc1Cl. The number of hydrogen-bond acceptors (Lipinski definition) is 4. The number of hydrogen-bond donors (Lipinski definition) is 1. The van der Waals surface area contributed by atoms with E-state index in [2.05, 4.69) is 20.6 Å². The number of halogens is 2. The highest BCUT2D eigenvalue weighted by Gasteiger charge is 2.12. The second-order valence-electron chi connectivity index (χ2n) is 5.51. The van der Waals surface area contributed by atoms with E-state index >= 15 is 0 Å². The van der Waals surface area contributed by atoms with E-state index in [9.17, 15) is 9.18 Å². The van der Waals surface area contributed by atoms with E-state index in [1.165, 1.54) is 18.5 Å². The van der Waals surface area contributed by atoms with Crippen LogP contribution in [0.1, 0.15) is 10.4 Å². The van der Waals surface area contributed by atoms with Crippen LogP contribution in [0.5, 0.6) is 0 Å². The Bertz CT molecular complexity index is 1130. The van der Waals surface area contributed by atoms with Gasteiger partial charge in [-0.1, -0.05) is 23.7 Å². The molecule has 0 saturated heterocycles. The van der Waals surface area contributed by atoms with Gasteiger partial charge in [-0.3, -0.25) is 4.79 Å². The predicted molar refractivity (Wildman–Crippen MR) is 95.6 cm³/mol. The van der Waals surface area contributed by atoms with Gasteiger partial charge in [0.25, 0.3) is 5.91 Å². The summed E-state index contributed by atoms with van der Waals surface area (Å²) in [6.45, 7) is 0. The molecule has 4 rings (SSSR count). The maximum atomic E-state index is 13.1. The Kier molecular flexibility index (Phi) is 4.06. The first kappa shape index (κ1) is 16.2. The summed E-state index contributed by atoms with van der Waals surface area (Å²) in [6, 6.07) is 14.5. The summed E-state index contributed by atoms with van der Waals surface area (Å²) < 4.78 is 14.7. The van der Waals surface area contributed by atoms with Gasteiger partial charge in [0.2, 0.25) is 0 Å². The van der Waals surface area contributed by atoms with Crippen LogP contribution in [-0.4, -0.2) is 25.7 Å². The van der Waals surface area contributed by atoms with Crippen LogP contribution in [0.4, 0.5) is 10.1 Å². The summed E-state index contributed by atoms with van der Waals surface area (Å²) in [4.78, 5) is 12.4. The van der Waals surface area contributed by atoms with Gasteiger partial charge in [-0.25, -0.2) is 4.39 Å². The summed E-state index contributed by atoms with van der Waals surface area (Å²) in [7, 11) is 0. The number of aromatic nitrogens is 4. The van der Waals surface area contributed by atoms with Crippen molar-refractivity contribution >= 4 is 28.8 Å². The molecule has 2 aromatic heterocycles. The van der Waals surface area contributed by atoms with Gasteiger partial charge < -0.3 is 5.32 Å².